The molecule has 5 nitrogen and oxygen atoms in total. The summed E-state index contributed by atoms with van der Waals surface area (Å²) >= 11 is 0. The molecule has 3 rings (SSSR count). The zero-order valence-corrected chi connectivity index (χ0v) is 18.9. The Labute approximate surface area is 184 Å². The van der Waals surface area contributed by atoms with Crippen LogP contribution in [-0.2, 0) is 14.8 Å². The van der Waals surface area contributed by atoms with E-state index in [1.807, 2.05) is 50.2 Å². The number of carbonyl (C=O) groups is 1. The number of ether oxygens (including phenoxy) is 1. The largest absolute Gasteiger partial charge is 0.493 e. The lowest BCUT2D eigenvalue weighted by atomic mass is 10.1. The molecule has 0 aromatic heterocycles. The van der Waals surface area contributed by atoms with Gasteiger partial charge >= 0.3 is 0 Å². The van der Waals surface area contributed by atoms with E-state index in [9.17, 15) is 13.2 Å². The van der Waals surface area contributed by atoms with Crippen LogP contribution >= 0.6 is 0 Å². The van der Waals surface area contributed by atoms with Gasteiger partial charge in [-0.25, -0.2) is 12.7 Å². The molecule has 1 amide bonds. The van der Waals surface area contributed by atoms with Crippen molar-refractivity contribution in [3.05, 3.63) is 89.5 Å². The van der Waals surface area contributed by atoms with E-state index in [0.717, 1.165) is 26.7 Å². The second-order valence-electron chi connectivity index (χ2n) is 7.48. The second kappa shape index (κ2) is 9.79. The van der Waals surface area contributed by atoms with Gasteiger partial charge in [0.2, 0.25) is 5.91 Å². The summed E-state index contributed by atoms with van der Waals surface area (Å²) < 4.78 is 33.5. The summed E-state index contributed by atoms with van der Waals surface area (Å²) in [6.07, 6.45) is 0.449. The smallest absolute Gasteiger partial charge is 0.270 e. The number of sulfonamides is 1. The number of carbonyl (C=O) groups excluding carboxylic acids is 1. The second-order valence-corrected chi connectivity index (χ2v) is 9.27. The Morgan fingerprint density at radius 1 is 0.871 bits per heavy atom. The lowest BCUT2D eigenvalue weighted by Crippen LogP contribution is -2.37. The predicted octanol–water partition coefficient (Wildman–Crippen LogP) is 5.19. The number of hydrogen-bond donors (Lipinski definition) is 0. The fourth-order valence-corrected chi connectivity index (χ4v) is 4.79. The fraction of sp³-hybridized carbons (Fsp3) is 0.240. The molecule has 0 spiro atoms. The van der Waals surface area contributed by atoms with Gasteiger partial charge in [-0.1, -0.05) is 48.5 Å². The van der Waals surface area contributed by atoms with E-state index >= 15 is 0 Å². The van der Waals surface area contributed by atoms with Gasteiger partial charge < -0.3 is 4.74 Å². The van der Waals surface area contributed by atoms with Crippen LogP contribution in [0.5, 0.6) is 5.75 Å². The lowest BCUT2D eigenvalue weighted by Gasteiger charge is -2.25. The Hall–Kier alpha value is -3.12. The molecule has 0 fully saturated rings. The molecule has 31 heavy (non-hydrogen) atoms. The third-order valence-corrected chi connectivity index (χ3v) is 6.73. The van der Waals surface area contributed by atoms with Gasteiger partial charge in [-0.15, -0.1) is 0 Å². The minimum atomic E-state index is -4.05. The summed E-state index contributed by atoms with van der Waals surface area (Å²) in [7, 11) is -4.05. The van der Waals surface area contributed by atoms with E-state index < -0.39 is 15.9 Å². The van der Waals surface area contributed by atoms with Gasteiger partial charge in [-0.3, -0.25) is 4.79 Å². The molecule has 0 aliphatic heterocycles. The molecule has 0 saturated heterocycles. The van der Waals surface area contributed by atoms with Gasteiger partial charge in [0.1, 0.15) is 5.75 Å². The van der Waals surface area contributed by atoms with E-state index in [0.29, 0.717) is 18.7 Å². The maximum Gasteiger partial charge on any atom is 0.270 e. The highest BCUT2D eigenvalue weighted by molar-refractivity contribution is 7.93. The van der Waals surface area contributed by atoms with Crippen LogP contribution in [0.15, 0.2) is 77.7 Å². The standard InChI is InChI=1S/C25H27NO4S/c1-19-15-16-20(2)23(18-19)26(31(28,29)22-11-5-4-6-12-22)25(27)14-9-17-30-24-13-8-7-10-21(24)3/h4-8,10-13,15-16,18H,9,14,17H2,1-3H3. The lowest BCUT2D eigenvalue weighted by molar-refractivity contribution is -0.117. The number of nitrogens with zero attached hydrogens (tertiary/aromatic N) is 1. The van der Waals surface area contributed by atoms with Crippen LogP contribution in [0.3, 0.4) is 0 Å². The molecule has 0 aliphatic carbocycles. The highest BCUT2D eigenvalue weighted by Gasteiger charge is 2.31. The van der Waals surface area contributed by atoms with E-state index in [2.05, 4.69) is 0 Å². The van der Waals surface area contributed by atoms with Crippen molar-refractivity contribution in [2.75, 3.05) is 10.9 Å². The molecule has 0 unspecified atom stereocenters. The van der Waals surface area contributed by atoms with Crippen molar-refractivity contribution in [3.8, 4) is 5.75 Å². The number of aryl methyl sites for hydroxylation is 3. The van der Waals surface area contributed by atoms with Crippen molar-refractivity contribution >= 4 is 21.6 Å². The molecule has 0 heterocycles. The van der Waals surface area contributed by atoms with Crippen molar-refractivity contribution in [1.29, 1.82) is 0 Å². The van der Waals surface area contributed by atoms with E-state index in [4.69, 9.17) is 4.74 Å². The van der Waals surface area contributed by atoms with Crippen LogP contribution in [0.2, 0.25) is 0 Å². The first kappa shape index (κ1) is 22.6. The average Bonchev–Trinajstić information content (AvgIpc) is 2.75. The average molecular weight is 438 g/mol. The van der Waals surface area contributed by atoms with Crippen LogP contribution in [0.4, 0.5) is 5.69 Å². The molecule has 162 valence electrons. The summed E-state index contributed by atoms with van der Waals surface area (Å²) in [6.45, 7) is 5.95. The molecule has 0 aliphatic rings. The highest BCUT2D eigenvalue weighted by atomic mass is 32.2. The molecule has 0 radical (unpaired) electrons. The SMILES string of the molecule is Cc1ccc(C)c(N(C(=O)CCCOc2ccccc2C)S(=O)(=O)c2ccccc2)c1. The zero-order valence-electron chi connectivity index (χ0n) is 18.0. The van der Waals surface area contributed by atoms with E-state index in [1.165, 1.54) is 12.1 Å². The number of rotatable bonds is 8. The van der Waals surface area contributed by atoms with Crippen molar-refractivity contribution in [3.63, 3.8) is 0 Å². The first-order valence-corrected chi connectivity index (χ1v) is 11.6. The number of benzene rings is 3. The van der Waals surface area contributed by atoms with Crippen LogP contribution in [0.1, 0.15) is 29.5 Å². The van der Waals surface area contributed by atoms with Gasteiger partial charge in [0.15, 0.2) is 0 Å². The molecule has 3 aromatic carbocycles. The Morgan fingerprint density at radius 3 is 2.26 bits per heavy atom. The van der Waals surface area contributed by atoms with Crippen molar-refractivity contribution < 1.29 is 17.9 Å². The topological polar surface area (TPSA) is 63.7 Å². The van der Waals surface area contributed by atoms with Crippen LogP contribution < -0.4 is 9.04 Å². The normalized spacial score (nSPS) is 11.2. The first-order valence-electron chi connectivity index (χ1n) is 10.2. The number of hydrogen-bond acceptors (Lipinski definition) is 4. The molecule has 0 atom stereocenters. The molecule has 0 saturated carbocycles. The van der Waals surface area contributed by atoms with E-state index in [1.54, 1.807) is 31.2 Å². The first-order chi connectivity index (χ1) is 14.8. The molecule has 0 bridgehead atoms. The highest BCUT2D eigenvalue weighted by Crippen LogP contribution is 2.29. The molecule has 0 N–H and O–H groups in total. The van der Waals surface area contributed by atoms with Crippen molar-refractivity contribution in [2.24, 2.45) is 0 Å². The number of amides is 1. The van der Waals surface area contributed by atoms with Gasteiger partial charge in [0.05, 0.1) is 17.2 Å². The Balaban J connectivity index is 1.83. The van der Waals surface area contributed by atoms with Crippen LogP contribution in [-0.4, -0.2) is 20.9 Å². The summed E-state index contributed by atoms with van der Waals surface area (Å²) in [4.78, 5) is 13.3. The van der Waals surface area contributed by atoms with Crippen molar-refractivity contribution in [1.82, 2.24) is 0 Å². The minimum Gasteiger partial charge on any atom is -0.493 e. The Morgan fingerprint density at radius 2 is 1.55 bits per heavy atom. The molecular weight excluding hydrogens is 410 g/mol. The summed E-state index contributed by atoms with van der Waals surface area (Å²) in [5.41, 5.74) is 2.99. The summed E-state index contributed by atoms with van der Waals surface area (Å²) in [6, 6.07) is 21.1. The van der Waals surface area contributed by atoms with E-state index in [-0.39, 0.29) is 11.3 Å². The Kier molecular flexibility index (Phi) is 7.13. The maximum absolute atomic E-state index is 13.4. The monoisotopic (exact) mass is 437 g/mol. The molecule has 6 heteroatoms. The van der Waals surface area contributed by atoms with Crippen LogP contribution in [0, 0.1) is 20.8 Å². The number of anilines is 1. The zero-order chi connectivity index (χ0) is 22.4. The van der Waals surface area contributed by atoms with Gasteiger partial charge in [0, 0.05) is 6.42 Å². The third kappa shape index (κ3) is 5.33. The summed E-state index contributed by atoms with van der Waals surface area (Å²) in [5, 5.41) is 0. The van der Waals surface area contributed by atoms with Gasteiger partial charge in [-0.05, 0) is 68.1 Å². The maximum atomic E-state index is 13.4. The van der Waals surface area contributed by atoms with Gasteiger partial charge in [-0.2, -0.15) is 0 Å². The predicted molar refractivity (Wildman–Crippen MR) is 123 cm³/mol. The fourth-order valence-electron chi connectivity index (χ4n) is 3.26. The quantitative estimate of drug-likeness (QED) is 0.455. The third-order valence-electron chi connectivity index (χ3n) is 4.98. The Bertz CT molecular complexity index is 1160. The van der Waals surface area contributed by atoms with Gasteiger partial charge in [0.25, 0.3) is 10.0 Å². The molecule has 3 aromatic rings. The summed E-state index contributed by atoms with van der Waals surface area (Å²) in [5.74, 6) is 0.282. The van der Waals surface area contributed by atoms with Crippen LogP contribution in [0.25, 0.3) is 0 Å². The molecular formula is C25H27NO4S. The minimum absolute atomic E-state index is 0.0470. The van der Waals surface area contributed by atoms with Crippen molar-refractivity contribution in [2.45, 2.75) is 38.5 Å². The number of para-hydroxylation sites is 1.